The Morgan fingerprint density at radius 1 is 1.15 bits per heavy atom. The van der Waals surface area contributed by atoms with Gasteiger partial charge in [-0.1, -0.05) is 30.3 Å². The second-order valence-corrected chi connectivity index (χ2v) is 6.16. The second-order valence-electron chi connectivity index (χ2n) is 6.16. The summed E-state index contributed by atoms with van der Waals surface area (Å²) >= 11 is 0. The molecule has 1 heterocycles. The first-order valence-electron chi connectivity index (χ1n) is 8.59. The van der Waals surface area contributed by atoms with Crippen LogP contribution in [0.25, 0.3) is 0 Å². The molecular weight excluding hydrogens is 351 g/mol. The number of esters is 1. The molecule has 0 saturated carbocycles. The minimum absolute atomic E-state index is 0.164. The highest BCUT2D eigenvalue weighted by Crippen LogP contribution is 2.28. The Morgan fingerprint density at radius 2 is 1.85 bits per heavy atom. The number of nitrogens with zero attached hydrogens (tertiary/aromatic N) is 1. The third-order valence-corrected chi connectivity index (χ3v) is 4.32. The Bertz CT molecular complexity index is 884. The molecule has 0 bridgehead atoms. The van der Waals surface area contributed by atoms with E-state index in [1.165, 1.54) is 25.1 Å². The summed E-state index contributed by atoms with van der Waals surface area (Å²) in [6, 6.07) is 13.0. The van der Waals surface area contributed by atoms with Crippen LogP contribution in [0.15, 0.2) is 48.5 Å². The van der Waals surface area contributed by atoms with Crippen LogP contribution in [0.3, 0.4) is 0 Å². The van der Waals surface area contributed by atoms with Gasteiger partial charge in [0.05, 0.1) is 5.56 Å². The van der Waals surface area contributed by atoms with E-state index >= 15 is 0 Å². The van der Waals surface area contributed by atoms with Gasteiger partial charge in [0.15, 0.2) is 6.10 Å². The van der Waals surface area contributed by atoms with Crippen LogP contribution < -0.4 is 10.2 Å². The van der Waals surface area contributed by atoms with Gasteiger partial charge in [-0.25, -0.2) is 4.39 Å². The molecule has 2 aromatic rings. The summed E-state index contributed by atoms with van der Waals surface area (Å²) in [7, 11) is 0. The summed E-state index contributed by atoms with van der Waals surface area (Å²) in [6.07, 6.45) is -0.240. The monoisotopic (exact) mass is 370 g/mol. The van der Waals surface area contributed by atoms with Gasteiger partial charge in [0, 0.05) is 12.2 Å². The van der Waals surface area contributed by atoms with Crippen LogP contribution in [0.1, 0.15) is 22.8 Å². The van der Waals surface area contributed by atoms with Gasteiger partial charge >= 0.3 is 5.97 Å². The first kappa shape index (κ1) is 18.6. The van der Waals surface area contributed by atoms with Crippen molar-refractivity contribution in [2.75, 3.05) is 18.0 Å². The third-order valence-electron chi connectivity index (χ3n) is 4.32. The number of hydrogen-bond acceptors (Lipinski definition) is 4. The van der Waals surface area contributed by atoms with E-state index in [0.29, 0.717) is 6.54 Å². The van der Waals surface area contributed by atoms with Gasteiger partial charge in [0.25, 0.3) is 11.8 Å². The molecule has 0 unspecified atom stereocenters. The number of nitrogens with one attached hydrogen (secondary N) is 1. The SMILES string of the molecule is C[C@H](OC(=O)CNC(=O)c1ccccc1F)C(=O)N1CCc2ccccc21. The number of amides is 2. The highest BCUT2D eigenvalue weighted by atomic mass is 19.1. The highest BCUT2D eigenvalue weighted by Gasteiger charge is 2.29. The van der Waals surface area contributed by atoms with E-state index in [1.807, 2.05) is 24.3 Å². The number of para-hydroxylation sites is 1. The topological polar surface area (TPSA) is 75.7 Å². The second kappa shape index (κ2) is 7.99. The molecule has 0 fully saturated rings. The van der Waals surface area contributed by atoms with Gasteiger partial charge < -0.3 is 15.0 Å². The number of benzene rings is 2. The lowest BCUT2D eigenvalue weighted by atomic mass is 10.2. The smallest absolute Gasteiger partial charge is 0.326 e. The Kier molecular flexibility index (Phi) is 5.49. The first-order chi connectivity index (χ1) is 13.0. The van der Waals surface area contributed by atoms with Gasteiger partial charge in [0.2, 0.25) is 0 Å². The fraction of sp³-hybridized carbons (Fsp3) is 0.250. The lowest BCUT2D eigenvalue weighted by Crippen LogP contribution is -2.41. The van der Waals surface area contributed by atoms with E-state index < -0.39 is 30.3 Å². The fourth-order valence-electron chi connectivity index (χ4n) is 2.97. The van der Waals surface area contributed by atoms with E-state index in [9.17, 15) is 18.8 Å². The summed E-state index contributed by atoms with van der Waals surface area (Å²) in [4.78, 5) is 38.0. The highest BCUT2D eigenvalue weighted by molar-refractivity contribution is 5.99. The predicted molar refractivity (Wildman–Crippen MR) is 96.8 cm³/mol. The summed E-state index contributed by atoms with van der Waals surface area (Å²) in [5, 5.41) is 2.29. The van der Waals surface area contributed by atoms with Crippen LogP contribution in [0.2, 0.25) is 0 Å². The number of carbonyl (C=O) groups is 3. The molecule has 1 N–H and O–H groups in total. The molecule has 0 radical (unpaired) electrons. The van der Waals surface area contributed by atoms with Crippen molar-refractivity contribution in [1.29, 1.82) is 0 Å². The largest absolute Gasteiger partial charge is 0.451 e. The molecule has 0 spiro atoms. The van der Waals surface area contributed by atoms with Crippen LogP contribution in [0, 0.1) is 5.82 Å². The molecule has 1 atom stereocenters. The molecule has 1 aliphatic heterocycles. The molecule has 6 nitrogen and oxygen atoms in total. The average molecular weight is 370 g/mol. The summed E-state index contributed by atoms with van der Waals surface area (Å²) in [6.45, 7) is 1.56. The quantitative estimate of drug-likeness (QED) is 0.818. The number of fused-ring (bicyclic) bond motifs is 1. The molecular formula is C20H19FN2O4. The van der Waals surface area contributed by atoms with Gasteiger partial charge in [0.1, 0.15) is 12.4 Å². The fourth-order valence-corrected chi connectivity index (χ4v) is 2.97. The molecule has 0 aliphatic carbocycles. The predicted octanol–water partition coefficient (Wildman–Crippen LogP) is 2.08. The molecule has 2 aromatic carbocycles. The molecule has 2 amide bonds. The molecule has 7 heteroatoms. The number of ether oxygens (including phenoxy) is 1. The van der Waals surface area contributed by atoms with Crippen LogP contribution in [0.5, 0.6) is 0 Å². The normalized spacial score (nSPS) is 13.6. The lowest BCUT2D eigenvalue weighted by molar-refractivity contribution is -0.152. The Balaban J connectivity index is 1.53. The first-order valence-corrected chi connectivity index (χ1v) is 8.59. The number of halogens is 1. The van der Waals surface area contributed by atoms with Crippen LogP contribution in [-0.4, -0.2) is 37.0 Å². The maximum atomic E-state index is 13.5. The van der Waals surface area contributed by atoms with Crippen molar-refractivity contribution in [2.24, 2.45) is 0 Å². The van der Waals surface area contributed by atoms with E-state index in [2.05, 4.69) is 5.32 Å². The van der Waals surface area contributed by atoms with Crippen molar-refractivity contribution in [3.8, 4) is 0 Å². The maximum Gasteiger partial charge on any atom is 0.326 e. The molecule has 3 rings (SSSR count). The summed E-state index contributed by atoms with van der Waals surface area (Å²) < 4.78 is 18.7. The summed E-state index contributed by atoms with van der Waals surface area (Å²) in [5.41, 5.74) is 1.72. The third kappa shape index (κ3) is 4.13. The van der Waals surface area contributed by atoms with Gasteiger partial charge in [-0.3, -0.25) is 14.4 Å². The van der Waals surface area contributed by atoms with Crippen molar-refractivity contribution in [3.05, 3.63) is 65.5 Å². The molecule has 0 aromatic heterocycles. The standard InChI is InChI=1S/C20H19FN2O4/c1-13(20(26)23-11-10-14-6-2-5-9-17(14)23)27-18(24)12-22-19(25)15-7-3-4-8-16(15)21/h2-9,13H,10-12H2,1H3,(H,22,25)/t13-/m0/s1. The molecule has 27 heavy (non-hydrogen) atoms. The maximum absolute atomic E-state index is 13.5. The molecule has 0 saturated heterocycles. The van der Waals surface area contributed by atoms with E-state index in [0.717, 1.165) is 23.7 Å². The molecule has 140 valence electrons. The number of hydrogen-bond donors (Lipinski definition) is 1. The Labute approximate surface area is 155 Å². The average Bonchev–Trinajstić information content (AvgIpc) is 3.10. The Hall–Kier alpha value is -3.22. The van der Waals surface area contributed by atoms with Gasteiger partial charge in [-0.15, -0.1) is 0 Å². The number of rotatable bonds is 5. The minimum Gasteiger partial charge on any atom is -0.451 e. The zero-order valence-electron chi connectivity index (χ0n) is 14.8. The summed E-state index contributed by atoms with van der Waals surface area (Å²) in [5.74, 6) is -2.50. The van der Waals surface area contributed by atoms with Crippen molar-refractivity contribution in [3.63, 3.8) is 0 Å². The number of carbonyl (C=O) groups excluding carboxylic acids is 3. The Morgan fingerprint density at radius 3 is 2.63 bits per heavy atom. The van der Waals surface area contributed by atoms with Crippen LogP contribution in [0.4, 0.5) is 10.1 Å². The van der Waals surface area contributed by atoms with E-state index in [4.69, 9.17) is 4.74 Å². The zero-order valence-corrected chi connectivity index (χ0v) is 14.8. The van der Waals surface area contributed by atoms with Crippen LogP contribution in [-0.2, 0) is 20.7 Å². The van der Waals surface area contributed by atoms with Crippen molar-refractivity contribution in [1.82, 2.24) is 5.32 Å². The van der Waals surface area contributed by atoms with E-state index in [-0.39, 0.29) is 11.5 Å². The molecule has 1 aliphatic rings. The number of anilines is 1. The lowest BCUT2D eigenvalue weighted by Gasteiger charge is -2.21. The van der Waals surface area contributed by atoms with Crippen molar-refractivity contribution < 1.29 is 23.5 Å². The van der Waals surface area contributed by atoms with Crippen molar-refractivity contribution in [2.45, 2.75) is 19.4 Å². The van der Waals surface area contributed by atoms with E-state index in [1.54, 1.807) is 4.90 Å². The minimum atomic E-state index is -0.992. The van der Waals surface area contributed by atoms with Gasteiger partial charge in [-0.05, 0) is 37.1 Å². The zero-order chi connectivity index (χ0) is 19.4. The van der Waals surface area contributed by atoms with Gasteiger partial charge in [-0.2, -0.15) is 0 Å². The van der Waals surface area contributed by atoms with Crippen molar-refractivity contribution >= 4 is 23.5 Å². The van der Waals surface area contributed by atoms with Crippen LogP contribution >= 0.6 is 0 Å².